The van der Waals surface area contributed by atoms with E-state index in [1.807, 2.05) is 12.1 Å². The molecule has 0 amide bonds. The maximum atomic E-state index is 5.01. The monoisotopic (exact) mass is 301 g/mol. The molecule has 0 atom stereocenters. The van der Waals surface area contributed by atoms with Gasteiger partial charge in [0.1, 0.15) is 4.60 Å². The Hall–Kier alpha value is -0.610. The summed E-state index contributed by atoms with van der Waals surface area (Å²) in [5.41, 5.74) is 2.02. The molecule has 0 spiro atoms. The second-order valence-electron chi connectivity index (χ2n) is 2.47. The van der Waals surface area contributed by atoms with E-state index >= 15 is 0 Å². The van der Waals surface area contributed by atoms with Crippen LogP contribution in [0.5, 0.6) is 0 Å². The molecule has 0 bridgehead atoms. The molecule has 0 aliphatic rings. The van der Waals surface area contributed by atoms with E-state index < -0.39 is 0 Å². The van der Waals surface area contributed by atoms with Crippen molar-refractivity contribution in [3.63, 3.8) is 0 Å². The molecule has 0 saturated carbocycles. The van der Waals surface area contributed by atoms with E-state index in [2.05, 4.69) is 36.8 Å². The standard InChI is InChI=1S/C9H5Br2NO/c10-7-1-3-12-9(11)8(7)6-2-4-13-5-6/h1-5H. The number of halogens is 2. The van der Waals surface area contributed by atoms with Gasteiger partial charge in [-0.2, -0.15) is 0 Å². The average Bonchev–Trinajstić information content (AvgIpc) is 2.57. The molecule has 0 aliphatic carbocycles. The zero-order chi connectivity index (χ0) is 9.26. The summed E-state index contributed by atoms with van der Waals surface area (Å²) in [6.45, 7) is 0. The minimum Gasteiger partial charge on any atom is -0.472 e. The Labute approximate surface area is 92.2 Å². The lowest BCUT2D eigenvalue weighted by atomic mass is 10.2. The Morgan fingerprint density at radius 3 is 2.69 bits per heavy atom. The third kappa shape index (κ3) is 1.69. The Balaban J connectivity index is 2.64. The van der Waals surface area contributed by atoms with Gasteiger partial charge in [-0.25, -0.2) is 4.98 Å². The largest absolute Gasteiger partial charge is 0.472 e. The maximum Gasteiger partial charge on any atom is 0.115 e. The third-order valence-electron chi connectivity index (χ3n) is 1.66. The van der Waals surface area contributed by atoms with Gasteiger partial charge in [0.15, 0.2) is 0 Å². The quantitative estimate of drug-likeness (QED) is 0.748. The van der Waals surface area contributed by atoms with Crippen LogP contribution in [0.3, 0.4) is 0 Å². The van der Waals surface area contributed by atoms with Gasteiger partial charge in [0.25, 0.3) is 0 Å². The van der Waals surface area contributed by atoms with Crippen molar-refractivity contribution in [2.45, 2.75) is 0 Å². The maximum absolute atomic E-state index is 5.01. The Morgan fingerprint density at radius 2 is 2.08 bits per heavy atom. The van der Waals surface area contributed by atoms with Crippen molar-refractivity contribution in [2.75, 3.05) is 0 Å². The van der Waals surface area contributed by atoms with Crippen LogP contribution in [0.15, 0.2) is 44.3 Å². The van der Waals surface area contributed by atoms with Gasteiger partial charge in [-0.15, -0.1) is 0 Å². The normalized spacial score (nSPS) is 10.3. The SMILES string of the molecule is Brc1ccnc(Br)c1-c1ccoc1. The van der Waals surface area contributed by atoms with Gasteiger partial charge < -0.3 is 4.42 Å². The molecule has 13 heavy (non-hydrogen) atoms. The predicted molar refractivity (Wildman–Crippen MR) is 57.3 cm³/mol. The van der Waals surface area contributed by atoms with Gasteiger partial charge in [0.2, 0.25) is 0 Å². The first-order valence-corrected chi connectivity index (χ1v) is 5.20. The van der Waals surface area contributed by atoms with Gasteiger partial charge in [-0.3, -0.25) is 0 Å². The summed E-state index contributed by atoms with van der Waals surface area (Å²) >= 11 is 6.84. The minimum atomic E-state index is 0.809. The first-order valence-electron chi connectivity index (χ1n) is 3.61. The molecule has 2 aromatic heterocycles. The fourth-order valence-corrected chi connectivity index (χ4v) is 2.44. The summed E-state index contributed by atoms with van der Waals surface area (Å²) in [6, 6.07) is 3.79. The van der Waals surface area contributed by atoms with Crippen molar-refractivity contribution in [1.29, 1.82) is 0 Å². The topological polar surface area (TPSA) is 26.0 Å². The lowest BCUT2D eigenvalue weighted by Gasteiger charge is -2.02. The van der Waals surface area contributed by atoms with Crippen LogP contribution in [-0.2, 0) is 0 Å². The van der Waals surface area contributed by atoms with Crippen molar-refractivity contribution in [3.8, 4) is 11.1 Å². The minimum absolute atomic E-state index is 0.809. The number of aromatic nitrogens is 1. The first-order chi connectivity index (χ1) is 6.29. The Bertz CT molecular complexity index is 391. The smallest absolute Gasteiger partial charge is 0.115 e. The van der Waals surface area contributed by atoms with E-state index in [1.165, 1.54) is 0 Å². The van der Waals surface area contributed by atoms with E-state index in [4.69, 9.17) is 4.42 Å². The molecule has 2 aromatic rings. The van der Waals surface area contributed by atoms with Crippen molar-refractivity contribution < 1.29 is 4.42 Å². The van der Waals surface area contributed by atoms with Crippen LogP contribution < -0.4 is 0 Å². The van der Waals surface area contributed by atoms with Crippen LogP contribution >= 0.6 is 31.9 Å². The lowest BCUT2D eigenvalue weighted by molar-refractivity contribution is 0.568. The number of rotatable bonds is 1. The highest BCUT2D eigenvalue weighted by molar-refractivity contribution is 9.11. The molecular formula is C9H5Br2NO. The van der Waals surface area contributed by atoms with E-state index in [0.29, 0.717) is 0 Å². The van der Waals surface area contributed by atoms with Crippen molar-refractivity contribution in [2.24, 2.45) is 0 Å². The zero-order valence-electron chi connectivity index (χ0n) is 6.50. The van der Waals surface area contributed by atoms with E-state index in [0.717, 1.165) is 20.2 Å². The summed E-state index contributed by atoms with van der Waals surface area (Å²) in [4.78, 5) is 4.14. The van der Waals surface area contributed by atoms with Gasteiger partial charge in [-0.05, 0) is 44.0 Å². The second-order valence-corrected chi connectivity index (χ2v) is 4.08. The number of furan rings is 1. The molecule has 4 heteroatoms. The van der Waals surface area contributed by atoms with E-state index in [9.17, 15) is 0 Å². The van der Waals surface area contributed by atoms with Gasteiger partial charge >= 0.3 is 0 Å². The molecular weight excluding hydrogens is 298 g/mol. The van der Waals surface area contributed by atoms with Gasteiger partial charge in [0, 0.05) is 21.8 Å². The predicted octanol–water partition coefficient (Wildman–Crippen LogP) is 3.87. The Morgan fingerprint density at radius 1 is 1.23 bits per heavy atom. The lowest BCUT2D eigenvalue weighted by Crippen LogP contribution is -1.82. The third-order valence-corrected chi connectivity index (χ3v) is 2.93. The average molecular weight is 303 g/mol. The van der Waals surface area contributed by atoms with E-state index in [-0.39, 0.29) is 0 Å². The van der Waals surface area contributed by atoms with Crippen molar-refractivity contribution >= 4 is 31.9 Å². The summed E-state index contributed by atoms with van der Waals surface area (Å²) in [5, 5.41) is 0. The molecule has 2 rings (SSSR count). The first kappa shape index (κ1) is 8.97. The zero-order valence-corrected chi connectivity index (χ0v) is 9.67. The van der Waals surface area contributed by atoms with E-state index in [1.54, 1.807) is 18.7 Å². The fourth-order valence-electron chi connectivity index (χ4n) is 1.08. The number of hydrogen-bond acceptors (Lipinski definition) is 2. The Kier molecular flexibility index (Phi) is 2.51. The molecule has 0 aromatic carbocycles. The summed E-state index contributed by atoms with van der Waals surface area (Å²) in [5.74, 6) is 0. The molecule has 2 heterocycles. The number of hydrogen-bond donors (Lipinski definition) is 0. The molecule has 66 valence electrons. The van der Waals surface area contributed by atoms with Gasteiger partial charge in [0.05, 0.1) is 12.5 Å². The second kappa shape index (κ2) is 3.64. The molecule has 2 nitrogen and oxygen atoms in total. The summed E-state index contributed by atoms with van der Waals surface area (Å²) in [6.07, 6.45) is 5.06. The molecule has 0 aliphatic heterocycles. The highest BCUT2D eigenvalue weighted by Gasteiger charge is 2.08. The van der Waals surface area contributed by atoms with Crippen LogP contribution in [0.25, 0.3) is 11.1 Å². The van der Waals surface area contributed by atoms with Crippen molar-refractivity contribution in [1.82, 2.24) is 4.98 Å². The molecule has 0 unspecified atom stereocenters. The summed E-state index contributed by atoms with van der Waals surface area (Å²) < 4.78 is 6.81. The number of pyridine rings is 1. The van der Waals surface area contributed by atoms with Crippen LogP contribution in [0.2, 0.25) is 0 Å². The molecule has 0 fully saturated rings. The van der Waals surface area contributed by atoms with Crippen molar-refractivity contribution in [3.05, 3.63) is 39.9 Å². The molecule has 0 N–H and O–H groups in total. The molecule has 0 saturated heterocycles. The van der Waals surface area contributed by atoms with Crippen LogP contribution in [-0.4, -0.2) is 4.98 Å². The number of nitrogens with zero attached hydrogens (tertiary/aromatic N) is 1. The summed E-state index contributed by atoms with van der Waals surface area (Å²) in [7, 11) is 0. The highest BCUT2D eigenvalue weighted by atomic mass is 79.9. The highest BCUT2D eigenvalue weighted by Crippen LogP contribution is 2.33. The fraction of sp³-hybridized carbons (Fsp3) is 0. The van der Waals surface area contributed by atoms with Crippen LogP contribution in [0.4, 0.5) is 0 Å². The van der Waals surface area contributed by atoms with Gasteiger partial charge in [-0.1, -0.05) is 0 Å². The van der Waals surface area contributed by atoms with Crippen LogP contribution in [0.1, 0.15) is 0 Å². The molecule has 0 radical (unpaired) electrons. The van der Waals surface area contributed by atoms with Crippen LogP contribution in [0, 0.1) is 0 Å².